The quantitative estimate of drug-likeness (QED) is 0.738. The second-order valence-corrected chi connectivity index (χ2v) is 6.42. The first kappa shape index (κ1) is 15.8. The molecule has 1 heterocycles. The molecule has 116 valence electrons. The number of carbonyl (C=O) groups excluding carboxylic acids is 1. The molecule has 0 aromatic rings. The summed E-state index contributed by atoms with van der Waals surface area (Å²) in [5, 5.41) is 0. The summed E-state index contributed by atoms with van der Waals surface area (Å²) in [5.41, 5.74) is 5.66. The van der Waals surface area contributed by atoms with Crippen molar-refractivity contribution in [1.29, 1.82) is 0 Å². The van der Waals surface area contributed by atoms with E-state index in [4.69, 9.17) is 5.73 Å². The number of piperazine rings is 1. The molecule has 20 heavy (non-hydrogen) atoms. The van der Waals surface area contributed by atoms with Gasteiger partial charge in [-0.1, -0.05) is 19.8 Å². The summed E-state index contributed by atoms with van der Waals surface area (Å²) in [4.78, 5) is 16.9. The molecule has 2 rings (SSSR count). The van der Waals surface area contributed by atoms with Crippen LogP contribution < -0.4 is 5.73 Å². The van der Waals surface area contributed by atoms with E-state index in [0.717, 1.165) is 51.6 Å². The molecule has 4 heteroatoms. The second kappa shape index (κ2) is 7.99. The fraction of sp³-hybridized carbons (Fsp3) is 0.938. The maximum Gasteiger partial charge on any atom is 0.222 e. The lowest BCUT2D eigenvalue weighted by Crippen LogP contribution is -2.49. The zero-order valence-electron chi connectivity index (χ0n) is 13.0. The molecule has 1 aliphatic heterocycles. The minimum atomic E-state index is 0.360. The molecule has 2 aliphatic rings. The van der Waals surface area contributed by atoms with Crippen molar-refractivity contribution in [3.05, 3.63) is 0 Å². The van der Waals surface area contributed by atoms with E-state index in [9.17, 15) is 4.79 Å². The number of nitrogens with two attached hydrogens (primary N) is 1. The van der Waals surface area contributed by atoms with Crippen molar-refractivity contribution >= 4 is 5.91 Å². The second-order valence-electron chi connectivity index (χ2n) is 6.42. The molecule has 0 bridgehead atoms. The first-order valence-electron chi connectivity index (χ1n) is 8.46. The summed E-state index contributed by atoms with van der Waals surface area (Å²) < 4.78 is 0. The van der Waals surface area contributed by atoms with Gasteiger partial charge in [-0.25, -0.2) is 0 Å². The molecule has 0 aromatic heterocycles. The fourth-order valence-electron chi connectivity index (χ4n) is 3.34. The average molecular weight is 281 g/mol. The fourth-order valence-corrected chi connectivity index (χ4v) is 3.34. The predicted molar refractivity (Wildman–Crippen MR) is 82.5 cm³/mol. The summed E-state index contributed by atoms with van der Waals surface area (Å²) >= 11 is 0. The summed E-state index contributed by atoms with van der Waals surface area (Å²) in [6.45, 7) is 6.99. The highest BCUT2D eigenvalue weighted by Crippen LogP contribution is 2.27. The van der Waals surface area contributed by atoms with E-state index in [1.165, 1.54) is 25.7 Å². The van der Waals surface area contributed by atoms with E-state index >= 15 is 0 Å². The van der Waals surface area contributed by atoms with E-state index in [1.54, 1.807) is 0 Å². The SMILES string of the molecule is CCCC(CCN)CCC(=O)N1CCN(C2CC2)CC1. The molecular weight excluding hydrogens is 250 g/mol. The zero-order valence-corrected chi connectivity index (χ0v) is 13.0. The minimum Gasteiger partial charge on any atom is -0.340 e. The third kappa shape index (κ3) is 4.74. The van der Waals surface area contributed by atoms with Crippen LogP contribution in [0.1, 0.15) is 51.9 Å². The zero-order chi connectivity index (χ0) is 14.4. The maximum atomic E-state index is 12.3. The Morgan fingerprint density at radius 2 is 1.85 bits per heavy atom. The molecule has 1 amide bonds. The molecule has 2 fully saturated rings. The third-order valence-corrected chi connectivity index (χ3v) is 4.77. The van der Waals surface area contributed by atoms with Crippen LogP contribution in [0, 0.1) is 5.92 Å². The molecule has 0 spiro atoms. The number of nitrogens with zero attached hydrogens (tertiary/aromatic N) is 2. The molecule has 2 N–H and O–H groups in total. The van der Waals surface area contributed by atoms with Gasteiger partial charge in [0.05, 0.1) is 0 Å². The van der Waals surface area contributed by atoms with E-state index in [-0.39, 0.29) is 0 Å². The van der Waals surface area contributed by atoms with E-state index in [2.05, 4.69) is 16.7 Å². The van der Waals surface area contributed by atoms with Crippen LogP contribution in [0.2, 0.25) is 0 Å². The number of amides is 1. The highest BCUT2D eigenvalue weighted by atomic mass is 16.2. The van der Waals surface area contributed by atoms with Crippen LogP contribution in [0.5, 0.6) is 0 Å². The molecule has 1 unspecified atom stereocenters. The topological polar surface area (TPSA) is 49.6 Å². The smallest absolute Gasteiger partial charge is 0.222 e. The Balaban J connectivity index is 1.66. The van der Waals surface area contributed by atoms with E-state index in [1.807, 2.05) is 0 Å². The van der Waals surface area contributed by atoms with Crippen LogP contribution in [0.25, 0.3) is 0 Å². The molecule has 1 aliphatic carbocycles. The summed E-state index contributed by atoms with van der Waals surface area (Å²) in [6.07, 6.45) is 7.94. The predicted octanol–water partition coefficient (Wildman–Crippen LogP) is 1.84. The lowest BCUT2D eigenvalue weighted by Gasteiger charge is -2.35. The van der Waals surface area contributed by atoms with Crippen LogP contribution in [-0.4, -0.2) is 54.5 Å². The molecule has 1 atom stereocenters. The Morgan fingerprint density at radius 1 is 1.15 bits per heavy atom. The van der Waals surface area contributed by atoms with Gasteiger partial charge in [-0.2, -0.15) is 0 Å². The van der Waals surface area contributed by atoms with Gasteiger partial charge in [0.15, 0.2) is 0 Å². The maximum absolute atomic E-state index is 12.3. The Hall–Kier alpha value is -0.610. The van der Waals surface area contributed by atoms with Crippen LogP contribution in [0.15, 0.2) is 0 Å². The van der Waals surface area contributed by atoms with Gasteiger partial charge >= 0.3 is 0 Å². The van der Waals surface area contributed by atoms with Gasteiger partial charge in [-0.05, 0) is 38.1 Å². The van der Waals surface area contributed by atoms with Gasteiger partial charge in [-0.15, -0.1) is 0 Å². The third-order valence-electron chi connectivity index (χ3n) is 4.77. The van der Waals surface area contributed by atoms with Crippen molar-refractivity contribution in [3.8, 4) is 0 Å². The first-order valence-corrected chi connectivity index (χ1v) is 8.46. The Labute approximate surface area is 123 Å². The Bertz CT molecular complexity index is 290. The molecule has 1 saturated heterocycles. The molecule has 4 nitrogen and oxygen atoms in total. The van der Waals surface area contributed by atoms with Crippen molar-refractivity contribution in [1.82, 2.24) is 9.80 Å². The summed E-state index contributed by atoms with van der Waals surface area (Å²) in [7, 11) is 0. The van der Waals surface area contributed by atoms with E-state index < -0.39 is 0 Å². The largest absolute Gasteiger partial charge is 0.340 e. The van der Waals surface area contributed by atoms with Crippen molar-refractivity contribution in [2.24, 2.45) is 11.7 Å². The van der Waals surface area contributed by atoms with Crippen molar-refractivity contribution < 1.29 is 4.79 Å². The van der Waals surface area contributed by atoms with Crippen molar-refractivity contribution in [3.63, 3.8) is 0 Å². The average Bonchev–Trinajstić information content (AvgIpc) is 3.30. The highest BCUT2D eigenvalue weighted by molar-refractivity contribution is 5.76. The first-order chi connectivity index (χ1) is 9.74. The molecular formula is C16H31N3O. The van der Waals surface area contributed by atoms with Crippen LogP contribution in [0.3, 0.4) is 0 Å². The Kier molecular flexibility index (Phi) is 6.30. The lowest BCUT2D eigenvalue weighted by atomic mass is 9.94. The molecule has 1 saturated carbocycles. The minimum absolute atomic E-state index is 0.360. The summed E-state index contributed by atoms with van der Waals surface area (Å²) in [5.74, 6) is 1.00. The van der Waals surface area contributed by atoms with Gasteiger partial charge in [0.1, 0.15) is 0 Å². The van der Waals surface area contributed by atoms with Gasteiger partial charge in [0.25, 0.3) is 0 Å². The lowest BCUT2D eigenvalue weighted by molar-refractivity contribution is -0.133. The van der Waals surface area contributed by atoms with Crippen LogP contribution in [0.4, 0.5) is 0 Å². The van der Waals surface area contributed by atoms with Crippen LogP contribution in [-0.2, 0) is 4.79 Å². The number of carbonyl (C=O) groups is 1. The van der Waals surface area contributed by atoms with Crippen molar-refractivity contribution in [2.45, 2.75) is 57.9 Å². The summed E-state index contributed by atoms with van der Waals surface area (Å²) in [6, 6.07) is 0.839. The van der Waals surface area contributed by atoms with Gasteiger partial charge in [0, 0.05) is 38.6 Å². The molecule has 0 aromatic carbocycles. The van der Waals surface area contributed by atoms with Gasteiger partial charge in [0.2, 0.25) is 5.91 Å². The normalized spacial score (nSPS) is 22.0. The Morgan fingerprint density at radius 3 is 2.40 bits per heavy atom. The van der Waals surface area contributed by atoms with Gasteiger partial charge in [-0.3, -0.25) is 9.69 Å². The number of hydrogen-bond acceptors (Lipinski definition) is 3. The van der Waals surface area contributed by atoms with Gasteiger partial charge < -0.3 is 10.6 Å². The van der Waals surface area contributed by atoms with Crippen molar-refractivity contribution in [2.75, 3.05) is 32.7 Å². The number of hydrogen-bond donors (Lipinski definition) is 1. The standard InChI is InChI=1S/C16H31N3O/c1-2-3-14(8-9-17)4-7-16(20)19-12-10-18(11-13-19)15-5-6-15/h14-15H,2-13,17H2,1H3. The highest BCUT2D eigenvalue weighted by Gasteiger charge is 2.32. The molecule has 0 radical (unpaired) electrons. The van der Waals surface area contributed by atoms with E-state index in [0.29, 0.717) is 18.2 Å². The van der Waals surface area contributed by atoms with Crippen LogP contribution >= 0.6 is 0 Å². The number of rotatable bonds is 8. The monoisotopic (exact) mass is 281 g/mol.